The molecule has 7 atom stereocenters. The number of piperidine rings is 1. The van der Waals surface area contributed by atoms with E-state index in [1.165, 1.54) is 29.2 Å². The van der Waals surface area contributed by atoms with Crippen LogP contribution < -0.4 is 22.3 Å². The van der Waals surface area contributed by atoms with Crippen molar-refractivity contribution in [3.05, 3.63) is 23.0 Å². The Kier molecular flexibility index (Phi) is 7.81. The maximum absolute atomic E-state index is 13.7. The van der Waals surface area contributed by atoms with Crippen LogP contribution in [0.3, 0.4) is 0 Å². The summed E-state index contributed by atoms with van der Waals surface area (Å²) in [4.78, 5) is 64.3. The summed E-state index contributed by atoms with van der Waals surface area (Å²) < 4.78 is 39.6. The molecular formula is C27H34N12O9S. The molecule has 4 aliphatic heterocycles. The quantitative estimate of drug-likeness (QED) is 0.0998. The largest absolute Gasteiger partial charge is 0.468 e. The van der Waals surface area contributed by atoms with Gasteiger partial charge in [-0.2, -0.15) is 4.98 Å². The molecule has 0 aromatic carbocycles. The number of hydrogen-bond donors (Lipinski definition) is 6. The Labute approximate surface area is 277 Å². The number of nitrogens with zero attached hydrogens (tertiary/aromatic N) is 8. The number of aliphatic imine (C=N–C) groups is 1. The summed E-state index contributed by atoms with van der Waals surface area (Å²) in [7, 11) is -2.79. The molecule has 21 nitrogen and oxygen atoms in total. The Hall–Kier alpha value is -4.77. The van der Waals surface area contributed by atoms with E-state index in [1.807, 2.05) is 0 Å². The number of amides is 1. The maximum atomic E-state index is 13.7. The number of nitrogens with two attached hydrogens (primary N) is 2. The maximum Gasteiger partial charge on any atom is 0.323 e. The highest BCUT2D eigenvalue weighted by Gasteiger charge is 2.57. The van der Waals surface area contributed by atoms with Crippen LogP contribution in [0.1, 0.15) is 26.0 Å². The zero-order chi connectivity index (χ0) is 35.0. The molecule has 22 heteroatoms. The number of imidazole rings is 1. The van der Waals surface area contributed by atoms with Gasteiger partial charge in [-0.1, -0.05) is 0 Å². The first-order valence-corrected chi connectivity index (χ1v) is 17.0. The number of carbonyl (C=O) groups excluding carboxylic acids is 2. The van der Waals surface area contributed by atoms with Crippen molar-refractivity contribution in [1.29, 1.82) is 0 Å². The third-order valence-corrected chi connectivity index (χ3v) is 11.8. The number of aromatic amines is 1. The molecule has 0 saturated carbocycles. The number of β-lactam (4-membered cyclic amide) rings is 1. The fourth-order valence-corrected chi connectivity index (χ4v) is 8.89. The lowest BCUT2D eigenvalue weighted by Crippen LogP contribution is -2.75. The smallest absolute Gasteiger partial charge is 0.323 e. The van der Waals surface area contributed by atoms with Crippen LogP contribution in [-0.4, -0.2) is 143 Å². The molecule has 3 saturated heterocycles. The van der Waals surface area contributed by atoms with Gasteiger partial charge in [0.15, 0.2) is 50.4 Å². The summed E-state index contributed by atoms with van der Waals surface area (Å²) >= 11 is 0. The Bertz CT molecular complexity index is 2050. The molecule has 0 radical (unpaired) electrons. The Morgan fingerprint density at radius 1 is 1.18 bits per heavy atom. The van der Waals surface area contributed by atoms with Crippen molar-refractivity contribution in [2.75, 3.05) is 49.3 Å². The zero-order valence-corrected chi connectivity index (χ0v) is 27.1. The van der Waals surface area contributed by atoms with E-state index in [2.05, 4.69) is 35.2 Å². The van der Waals surface area contributed by atoms with Gasteiger partial charge >= 0.3 is 5.97 Å². The van der Waals surface area contributed by atoms with E-state index in [1.54, 1.807) is 11.8 Å². The molecule has 262 valence electrons. The molecule has 3 aromatic rings. The number of fused-ring (bicyclic) bond motifs is 3. The van der Waals surface area contributed by atoms with Gasteiger partial charge in [-0.3, -0.25) is 28.8 Å². The first-order chi connectivity index (χ1) is 23.2. The van der Waals surface area contributed by atoms with E-state index >= 15 is 0 Å². The number of sulfone groups is 1. The lowest BCUT2D eigenvalue weighted by molar-refractivity contribution is -0.148. The second kappa shape index (κ2) is 11.7. The third kappa shape index (κ3) is 5.26. The number of H-pyrrole nitrogens is 1. The number of rotatable bonds is 8. The summed E-state index contributed by atoms with van der Waals surface area (Å²) in [5.74, 6) is -1.58. The molecule has 0 bridgehead atoms. The minimum atomic E-state index is -3.99. The number of aliphatic hydroxyl groups is 2. The van der Waals surface area contributed by atoms with Gasteiger partial charge in [-0.15, -0.1) is 0 Å². The number of carbonyl (C=O) groups is 2. The van der Waals surface area contributed by atoms with Crippen molar-refractivity contribution in [3.63, 3.8) is 0 Å². The van der Waals surface area contributed by atoms with Gasteiger partial charge in [-0.05, 0) is 19.8 Å². The minimum absolute atomic E-state index is 0.0563. The van der Waals surface area contributed by atoms with Crippen LogP contribution in [0.5, 0.6) is 0 Å². The van der Waals surface area contributed by atoms with E-state index < -0.39 is 74.5 Å². The molecule has 7 rings (SSSR count). The molecule has 3 fully saturated rings. The number of methoxy groups -OCH3 is 1. The molecule has 0 spiro atoms. The third-order valence-electron chi connectivity index (χ3n) is 9.60. The van der Waals surface area contributed by atoms with Crippen LogP contribution in [0.15, 0.2) is 22.4 Å². The van der Waals surface area contributed by atoms with E-state index in [-0.39, 0.29) is 72.6 Å². The van der Waals surface area contributed by atoms with Crippen molar-refractivity contribution < 1.29 is 37.7 Å². The predicted octanol–water partition coefficient (Wildman–Crippen LogP) is -3.13. The minimum Gasteiger partial charge on any atom is -0.468 e. The molecule has 4 aliphatic rings. The van der Waals surface area contributed by atoms with Gasteiger partial charge < -0.3 is 41.4 Å². The van der Waals surface area contributed by atoms with Gasteiger partial charge in [0.05, 0.1) is 24.4 Å². The molecule has 4 unspecified atom stereocenters. The number of nitrogens with one attached hydrogen (secondary N) is 2. The number of ether oxygens (including phenoxy) is 2. The molecular weight excluding hydrogens is 668 g/mol. The Balaban J connectivity index is 1.02. The zero-order valence-electron chi connectivity index (χ0n) is 26.3. The second-order valence-electron chi connectivity index (χ2n) is 12.4. The molecule has 8 N–H and O–H groups in total. The summed E-state index contributed by atoms with van der Waals surface area (Å²) in [6.07, 6.45) is -3.00. The van der Waals surface area contributed by atoms with Gasteiger partial charge in [0, 0.05) is 19.6 Å². The number of anilines is 3. The average Bonchev–Trinajstić information content (AvgIpc) is 3.61. The summed E-state index contributed by atoms with van der Waals surface area (Å²) in [5, 5.41) is 23.7. The summed E-state index contributed by atoms with van der Waals surface area (Å²) in [5.41, 5.74) is 10.4. The van der Waals surface area contributed by atoms with Crippen molar-refractivity contribution in [1.82, 2.24) is 39.3 Å². The number of likely N-dealkylation sites (tertiary alicyclic amines) is 2. The highest BCUT2D eigenvalue weighted by molar-refractivity contribution is 7.92. The standard InChI is InChI=1S/C27H34N12O9S/c1-27-18(33-15-20(36-27)34-26(29)35-22(15)42)23(43)39(27)6-5-37-4-3-11(7-12(37)25(44)47-2)49(45,46)8-13-16(40)17(41)24(48-13)38-10-32-14-19(28)30-9-31-21(14)38/h9-13,16-17,24,40-41H,3-8H2,1-2H3,(H2,28,30,31)(H4,29,34,35,36,42)/t11?,12?,13-,16?,17+,24-,27?/m1/s1. The fourth-order valence-electron chi connectivity index (χ4n) is 6.94. The van der Waals surface area contributed by atoms with E-state index in [9.17, 15) is 33.0 Å². The van der Waals surface area contributed by atoms with Crippen molar-refractivity contribution in [3.8, 4) is 0 Å². The van der Waals surface area contributed by atoms with Crippen LogP contribution >= 0.6 is 0 Å². The molecule has 0 aliphatic carbocycles. The average molecular weight is 703 g/mol. The van der Waals surface area contributed by atoms with Crippen molar-refractivity contribution in [2.24, 2.45) is 4.99 Å². The fraction of sp³-hybridized carbons (Fsp3) is 0.556. The Morgan fingerprint density at radius 2 is 1.96 bits per heavy atom. The molecule has 7 heterocycles. The first kappa shape index (κ1) is 32.8. The first-order valence-electron chi connectivity index (χ1n) is 15.3. The lowest BCUT2D eigenvalue weighted by Gasteiger charge is -2.53. The predicted molar refractivity (Wildman–Crippen MR) is 170 cm³/mol. The molecule has 49 heavy (non-hydrogen) atoms. The van der Waals surface area contributed by atoms with Crippen LogP contribution in [0.25, 0.3) is 11.2 Å². The van der Waals surface area contributed by atoms with Crippen LogP contribution in [0.4, 0.5) is 23.3 Å². The number of aliphatic hydroxyl groups excluding tert-OH is 2. The van der Waals surface area contributed by atoms with Crippen LogP contribution in [-0.2, 0) is 28.9 Å². The lowest BCUT2D eigenvalue weighted by atomic mass is 9.90. The van der Waals surface area contributed by atoms with Crippen LogP contribution in [0.2, 0.25) is 0 Å². The van der Waals surface area contributed by atoms with E-state index in [0.29, 0.717) is 0 Å². The number of nitrogen functional groups attached to an aromatic ring is 2. The second-order valence-corrected chi connectivity index (χ2v) is 14.8. The SMILES string of the molecule is COC(=O)C1CC(S(=O)(=O)C[C@H]2O[C@@H](n3cnc4c(N)ncnc43)[C@@H](O)C2O)CCN1CCN1C(=O)C2=Nc3c(nc(N)[nH]c3=O)NC21C. The number of hydrogen-bond acceptors (Lipinski definition) is 18. The summed E-state index contributed by atoms with van der Waals surface area (Å²) in [6, 6.07) is -0.953. The Morgan fingerprint density at radius 3 is 2.71 bits per heavy atom. The van der Waals surface area contributed by atoms with E-state index in [0.717, 1.165) is 0 Å². The molecule has 1 amide bonds. The van der Waals surface area contributed by atoms with Crippen molar-refractivity contribution in [2.45, 2.75) is 61.3 Å². The summed E-state index contributed by atoms with van der Waals surface area (Å²) in [6.45, 7) is 2.19. The van der Waals surface area contributed by atoms with Gasteiger partial charge in [-0.25, -0.2) is 28.4 Å². The highest BCUT2D eigenvalue weighted by atomic mass is 32.2. The van der Waals surface area contributed by atoms with Gasteiger partial charge in [0.1, 0.15) is 36.2 Å². The number of esters is 1. The topological polar surface area (TPSA) is 299 Å². The normalized spacial score (nSPS) is 29.9. The van der Waals surface area contributed by atoms with Crippen molar-refractivity contribution >= 4 is 61.9 Å². The monoisotopic (exact) mass is 702 g/mol. The van der Waals surface area contributed by atoms with Crippen LogP contribution in [0, 0.1) is 0 Å². The highest BCUT2D eigenvalue weighted by Crippen LogP contribution is 2.39. The van der Waals surface area contributed by atoms with E-state index in [4.69, 9.17) is 20.9 Å². The van der Waals surface area contributed by atoms with Gasteiger partial charge in [0.25, 0.3) is 11.5 Å². The molecule has 3 aromatic heterocycles. The number of aromatic nitrogens is 6. The van der Waals surface area contributed by atoms with Gasteiger partial charge in [0.2, 0.25) is 5.95 Å².